The first-order chi connectivity index (χ1) is 10.3. The van der Waals surface area contributed by atoms with Crippen molar-refractivity contribution in [2.45, 2.75) is 0 Å². The van der Waals surface area contributed by atoms with Crippen LogP contribution in [0, 0.1) is 0 Å². The second-order valence-electron chi connectivity index (χ2n) is 4.34. The Morgan fingerprint density at radius 2 is 1.67 bits per heavy atom. The molecule has 0 saturated heterocycles. The number of pyridine rings is 1. The smallest absolute Gasteiger partial charge is 0.237 e. The van der Waals surface area contributed by atoms with Crippen molar-refractivity contribution in [3.05, 3.63) is 60.0 Å². The van der Waals surface area contributed by atoms with Gasteiger partial charge in [0.05, 0.1) is 5.69 Å². The molecule has 6 heteroatoms. The van der Waals surface area contributed by atoms with Crippen molar-refractivity contribution in [3.63, 3.8) is 0 Å². The van der Waals surface area contributed by atoms with Gasteiger partial charge in [0.1, 0.15) is 0 Å². The van der Waals surface area contributed by atoms with E-state index >= 15 is 0 Å². The van der Waals surface area contributed by atoms with Gasteiger partial charge in [-0.05, 0) is 29.8 Å². The first-order valence-electron chi connectivity index (χ1n) is 6.28. The average Bonchev–Trinajstić information content (AvgIpc) is 2.56. The largest absolute Gasteiger partial charge is 0.292 e. The molecule has 2 heterocycles. The van der Waals surface area contributed by atoms with E-state index in [1.54, 1.807) is 18.6 Å². The maximum absolute atomic E-state index is 5.94. The number of benzene rings is 1. The zero-order valence-corrected chi connectivity index (χ0v) is 11.7. The summed E-state index contributed by atoms with van der Waals surface area (Å²) in [7, 11) is 0. The summed E-state index contributed by atoms with van der Waals surface area (Å²) in [6.07, 6.45) is 5.18. The van der Waals surface area contributed by atoms with Crippen molar-refractivity contribution < 1.29 is 0 Å². The summed E-state index contributed by atoms with van der Waals surface area (Å²) in [6.45, 7) is 0. The van der Waals surface area contributed by atoms with Crippen molar-refractivity contribution in [1.82, 2.24) is 15.0 Å². The zero-order chi connectivity index (χ0) is 14.7. The highest BCUT2D eigenvalue weighted by Gasteiger charge is 2.11. The number of halogens is 1. The molecule has 0 aliphatic rings. The molecule has 0 saturated carbocycles. The van der Waals surface area contributed by atoms with Gasteiger partial charge in [-0.25, -0.2) is 15.8 Å². The lowest BCUT2D eigenvalue weighted by atomic mass is 10.0. The molecule has 0 unspecified atom stereocenters. The summed E-state index contributed by atoms with van der Waals surface area (Å²) >= 11 is 5.94. The van der Waals surface area contributed by atoms with Gasteiger partial charge in [0, 0.05) is 34.7 Å². The molecular weight excluding hydrogens is 286 g/mol. The minimum Gasteiger partial charge on any atom is -0.292 e. The summed E-state index contributed by atoms with van der Waals surface area (Å²) < 4.78 is 0. The number of hydrazine groups is 1. The lowest BCUT2D eigenvalue weighted by Gasteiger charge is -2.10. The minimum absolute atomic E-state index is 0.361. The maximum atomic E-state index is 5.94. The molecule has 0 bridgehead atoms. The number of hydrogen-bond acceptors (Lipinski definition) is 5. The van der Waals surface area contributed by atoms with Crippen LogP contribution in [0.5, 0.6) is 0 Å². The van der Waals surface area contributed by atoms with E-state index < -0.39 is 0 Å². The second kappa shape index (κ2) is 5.87. The first-order valence-corrected chi connectivity index (χ1v) is 6.66. The van der Waals surface area contributed by atoms with Crippen LogP contribution in [0.3, 0.4) is 0 Å². The van der Waals surface area contributed by atoms with Crippen molar-refractivity contribution in [1.29, 1.82) is 0 Å². The summed E-state index contributed by atoms with van der Waals surface area (Å²) in [4.78, 5) is 12.7. The fourth-order valence-corrected chi connectivity index (χ4v) is 2.15. The summed E-state index contributed by atoms with van der Waals surface area (Å²) in [5.74, 6) is 5.76. The Labute approximate surface area is 126 Å². The van der Waals surface area contributed by atoms with E-state index in [4.69, 9.17) is 17.4 Å². The molecule has 0 radical (unpaired) electrons. The Hall–Kier alpha value is -2.50. The third-order valence-electron chi connectivity index (χ3n) is 3.03. The third kappa shape index (κ3) is 2.84. The monoisotopic (exact) mass is 297 g/mol. The standard InChI is InChI=1S/C15H12ClN5/c16-12-3-1-10(2-4-12)13-9-19-15(21-17)20-14(13)11-5-7-18-8-6-11/h1-9H,17H2,(H,19,20,21). The highest BCUT2D eigenvalue weighted by molar-refractivity contribution is 6.30. The molecule has 0 aliphatic carbocycles. The number of nitrogens with zero attached hydrogens (tertiary/aromatic N) is 3. The Balaban J connectivity index is 2.18. The highest BCUT2D eigenvalue weighted by Crippen LogP contribution is 2.30. The number of nitrogens with two attached hydrogens (primary N) is 1. The van der Waals surface area contributed by atoms with E-state index in [0.29, 0.717) is 11.0 Å². The van der Waals surface area contributed by atoms with Crippen molar-refractivity contribution in [2.24, 2.45) is 5.84 Å². The number of hydrogen-bond donors (Lipinski definition) is 2. The first kappa shape index (κ1) is 13.5. The normalized spacial score (nSPS) is 10.4. The molecule has 0 atom stereocenters. The Kier molecular flexibility index (Phi) is 3.77. The van der Waals surface area contributed by atoms with Crippen LogP contribution in [0.25, 0.3) is 22.4 Å². The summed E-state index contributed by atoms with van der Waals surface area (Å²) in [5.41, 5.74) is 6.07. The van der Waals surface area contributed by atoms with Gasteiger partial charge in [0.25, 0.3) is 0 Å². The van der Waals surface area contributed by atoms with Gasteiger partial charge in [-0.15, -0.1) is 0 Å². The third-order valence-corrected chi connectivity index (χ3v) is 3.28. The Bertz CT molecular complexity index is 744. The van der Waals surface area contributed by atoms with Crippen LogP contribution in [-0.2, 0) is 0 Å². The molecule has 0 fully saturated rings. The molecule has 0 amide bonds. The number of rotatable bonds is 3. The molecule has 5 nitrogen and oxygen atoms in total. The maximum Gasteiger partial charge on any atom is 0.237 e. The van der Waals surface area contributed by atoms with Crippen molar-refractivity contribution in [2.75, 3.05) is 5.43 Å². The topological polar surface area (TPSA) is 76.7 Å². The van der Waals surface area contributed by atoms with Gasteiger partial charge in [-0.2, -0.15) is 0 Å². The molecule has 104 valence electrons. The Morgan fingerprint density at radius 1 is 0.952 bits per heavy atom. The molecule has 2 aromatic heterocycles. The molecule has 0 spiro atoms. The van der Waals surface area contributed by atoms with Crippen LogP contribution >= 0.6 is 11.6 Å². The van der Waals surface area contributed by atoms with Gasteiger partial charge in [-0.3, -0.25) is 10.4 Å². The lowest BCUT2D eigenvalue weighted by Crippen LogP contribution is -2.11. The van der Waals surface area contributed by atoms with Crippen LogP contribution in [0.15, 0.2) is 55.0 Å². The van der Waals surface area contributed by atoms with Crippen molar-refractivity contribution >= 4 is 17.5 Å². The van der Waals surface area contributed by atoms with Gasteiger partial charge in [0.2, 0.25) is 5.95 Å². The zero-order valence-electron chi connectivity index (χ0n) is 11.0. The minimum atomic E-state index is 0.361. The van der Waals surface area contributed by atoms with E-state index in [9.17, 15) is 0 Å². The van der Waals surface area contributed by atoms with E-state index in [1.807, 2.05) is 36.4 Å². The van der Waals surface area contributed by atoms with E-state index in [1.165, 1.54) is 0 Å². The fourth-order valence-electron chi connectivity index (χ4n) is 2.02. The van der Waals surface area contributed by atoms with Crippen LogP contribution in [0.1, 0.15) is 0 Å². The molecule has 1 aromatic carbocycles. The lowest BCUT2D eigenvalue weighted by molar-refractivity contribution is 1.12. The van der Waals surface area contributed by atoms with Gasteiger partial charge in [-0.1, -0.05) is 23.7 Å². The number of nitrogen functional groups attached to an aromatic ring is 1. The van der Waals surface area contributed by atoms with Gasteiger partial charge in [0.15, 0.2) is 0 Å². The van der Waals surface area contributed by atoms with Crippen molar-refractivity contribution in [3.8, 4) is 22.4 Å². The van der Waals surface area contributed by atoms with E-state index in [-0.39, 0.29) is 0 Å². The summed E-state index contributed by atoms with van der Waals surface area (Å²) in [5, 5.41) is 0.686. The predicted octanol–water partition coefficient (Wildman–Crippen LogP) is 3.14. The van der Waals surface area contributed by atoms with Crippen LogP contribution in [-0.4, -0.2) is 15.0 Å². The molecule has 21 heavy (non-hydrogen) atoms. The quantitative estimate of drug-likeness (QED) is 0.573. The van der Waals surface area contributed by atoms with E-state index in [0.717, 1.165) is 22.4 Å². The van der Waals surface area contributed by atoms with Crippen LogP contribution in [0.2, 0.25) is 5.02 Å². The highest BCUT2D eigenvalue weighted by atomic mass is 35.5. The molecule has 3 aromatic rings. The molecule has 3 N–H and O–H groups in total. The van der Waals surface area contributed by atoms with Crippen LogP contribution < -0.4 is 11.3 Å². The fraction of sp³-hybridized carbons (Fsp3) is 0. The Morgan fingerprint density at radius 3 is 2.33 bits per heavy atom. The van der Waals surface area contributed by atoms with Gasteiger partial charge >= 0.3 is 0 Å². The SMILES string of the molecule is NNc1ncc(-c2ccc(Cl)cc2)c(-c2ccncc2)n1. The van der Waals surface area contributed by atoms with E-state index in [2.05, 4.69) is 20.4 Å². The molecule has 0 aliphatic heterocycles. The number of anilines is 1. The number of nitrogens with one attached hydrogen (secondary N) is 1. The summed E-state index contributed by atoms with van der Waals surface area (Å²) in [6, 6.07) is 11.3. The molecular formula is C15H12ClN5. The second-order valence-corrected chi connectivity index (χ2v) is 4.78. The average molecular weight is 298 g/mol. The van der Waals surface area contributed by atoms with Gasteiger partial charge < -0.3 is 0 Å². The van der Waals surface area contributed by atoms with Crippen LogP contribution in [0.4, 0.5) is 5.95 Å². The number of aromatic nitrogens is 3. The predicted molar refractivity (Wildman–Crippen MR) is 83.5 cm³/mol. The molecule has 3 rings (SSSR count).